The van der Waals surface area contributed by atoms with Crippen molar-refractivity contribution < 1.29 is 17.6 Å². The van der Waals surface area contributed by atoms with E-state index in [1.54, 1.807) is 0 Å². The highest BCUT2D eigenvalue weighted by Gasteiger charge is 2.29. The third kappa shape index (κ3) is 3.85. The van der Waals surface area contributed by atoms with Crippen LogP contribution in [0.15, 0.2) is 51.1 Å². The summed E-state index contributed by atoms with van der Waals surface area (Å²) in [5.74, 6) is -0.109. The minimum Gasteiger partial charge on any atom is -0.402 e. The summed E-state index contributed by atoms with van der Waals surface area (Å²) in [5, 5.41) is 11.8. The third-order valence-corrected chi connectivity index (χ3v) is 7.95. The molecule has 0 saturated heterocycles. The number of thiophene rings is 1. The molecule has 1 amide bonds. The molecule has 0 aliphatic heterocycles. The van der Waals surface area contributed by atoms with Crippen LogP contribution in [0.2, 0.25) is 0 Å². The van der Waals surface area contributed by atoms with Crippen LogP contribution in [0.1, 0.15) is 42.5 Å². The standard InChI is InChI=1S/C19H19N3O4S2/c23-17(20-19-22-21-18(26-19)16-7-4-12-27-16)13-8-10-15(11-9-13)28(24,25)14-5-2-1-3-6-14/h4,7-12,14H,1-3,5-6H2,(H,20,22,23). The summed E-state index contributed by atoms with van der Waals surface area (Å²) in [4.78, 5) is 13.5. The Hall–Kier alpha value is -2.52. The lowest BCUT2D eigenvalue weighted by Gasteiger charge is -2.21. The molecule has 1 aromatic carbocycles. The first kappa shape index (κ1) is 18.8. The van der Waals surface area contributed by atoms with Crippen LogP contribution in [0.4, 0.5) is 6.01 Å². The Labute approximate surface area is 166 Å². The average Bonchev–Trinajstić information content (AvgIpc) is 3.40. The van der Waals surface area contributed by atoms with E-state index in [-0.39, 0.29) is 16.2 Å². The van der Waals surface area contributed by atoms with Crippen molar-refractivity contribution >= 4 is 33.1 Å². The van der Waals surface area contributed by atoms with Crippen LogP contribution in [0.25, 0.3) is 10.8 Å². The van der Waals surface area contributed by atoms with Gasteiger partial charge in [-0.25, -0.2) is 8.42 Å². The number of carbonyl (C=O) groups excluding carboxylic acids is 1. The van der Waals surface area contributed by atoms with Crippen LogP contribution in [0, 0.1) is 0 Å². The topological polar surface area (TPSA) is 102 Å². The molecule has 0 radical (unpaired) electrons. The molecule has 1 saturated carbocycles. The van der Waals surface area contributed by atoms with E-state index in [2.05, 4.69) is 15.5 Å². The van der Waals surface area contributed by atoms with E-state index in [1.165, 1.54) is 35.6 Å². The van der Waals surface area contributed by atoms with Gasteiger partial charge in [0.15, 0.2) is 9.84 Å². The lowest BCUT2D eigenvalue weighted by Crippen LogP contribution is -2.24. The molecule has 146 valence electrons. The number of benzene rings is 1. The first-order chi connectivity index (χ1) is 13.5. The van der Waals surface area contributed by atoms with Gasteiger partial charge in [-0.2, -0.15) is 0 Å². The predicted octanol–water partition coefficient (Wildman–Crippen LogP) is 4.16. The van der Waals surface area contributed by atoms with Crippen LogP contribution in [0.5, 0.6) is 0 Å². The molecule has 0 unspecified atom stereocenters. The Balaban J connectivity index is 1.45. The molecule has 4 rings (SSSR count). The van der Waals surface area contributed by atoms with Crippen LogP contribution < -0.4 is 5.32 Å². The Morgan fingerprint density at radius 2 is 1.82 bits per heavy atom. The molecule has 1 aliphatic rings. The van der Waals surface area contributed by atoms with E-state index < -0.39 is 15.7 Å². The summed E-state index contributed by atoms with van der Waals surface area (Å²) in [6.07, 6.45) is 4.39. The van der Waals surface area contributed by atoms with Crippen molar-refractivity contribution in [1.82, 2.24) is 10.2 Å². The van der Waals surface area contributed by atoms with Gasteiger partial charge in [-0.05, 0) is 48.6 Å². The molecule has 2 aromatic heterocycles. The molecular formula is C19H19N3O4S2. The summed E-state index contributed by atoms with van der Waals surface area (Å²) in [5.41, 5.74) is 0.318. The zero-order valence-electron chi connectivity index (χ0n) is 15.0. The van der Waals surface area contributed by atoms with Gasteiger partial charge in [0.05, 0.1) is 15.0 Å². The van der Waals surface area contributed by atoms with E-state index in [1.807, 2.05) is 17.5 Å². The quantitative estimate of drug-likeness (QED) is 0.669. The molecule has 28 heavy (non-hydrogen) atoms. The number of amides is 1. The summed E-state index contributed by atoms with van der Waals surface area (Å²) >= 11 is 1.45. The summed E-state index contributed by atoms with van der Waals surface area (Å²) < 4.78 is 30.9. The van der Waals surface area contributed by atoms with Crippen molar-refractivity contribution in [1.29, 1.82) is 0 Å². The number of hydrogen-bond acceptors (Lipinski definition) is 7. The van der Waals surface area contributed by atoms with Crippen LogP contribution in [-0.2, 0) is 9.84 Å². The first-order valence-electron chi connectivity index (χ1n) is 9.07. The normalized spacial score (nSPS) is 15.4. The number of aromatic nitrogens is 2. The van der Waals surface area contributed by atoms with Gasteiger partial charge in [0.1, 0.15) is 0 Å². The van der Waals surface area contributed by atoms with Crippen LogP contribution in [-0.4, -0.2) is 29.8 Å². The fraction of sp³-hybridized carbons (Fsp3) is 0.316. The number of nitrogens with zero attached hydrogens (tertiary/aromatic N) is 2. The van der Waals surface area contributed by atoms with E-state index in [9.17, 15) is 13.2 Å². The Morgan fingerprint density at radius 3 is 2.50 bits per heavy atom. The largest absolute Gasteiger partial charge is 0.402 e. The van der Waals surface area contributed by atoms with Crippen molar-refractivity contribution in [3.8, 4) is 10.8 Å². The fourth-order valence-corrected chi connectivity index (χ4v) is 5.81. The van der Waals surface area contributed by atoms with Crippen molar-refractivity contribution in [2.45, 2.75) is 42.2 Å². The van der Waals surface area contributed by atoms with Crippen molar-refractivity contribution in [3.63, 3.8) is 0 Å². The maximum Gasteiger partial charge on any atom is 0.322 e. The highest BCUT2D eigenvalue weighted by atomic mass is 32.2. The Morgan fingerprint density at radius 1 is 1.07 bits per heavy atom. The highest BCUT2D eigenvalue weighted by molar-refractivity contribution is 7.92. The predicted molar refractivity (Wildman–Crippen MR) is 106 cm³/mol. The molecule has 2 heterocycles. The van der Waals surface area contributed by atoms with Crippen molar-refractivity contribution in [2.75, 3.05) is 5.32 Å². The van der Waals surface area contributed by atoms with E-state index in [4.69, 9.17) is 4.42 Å². The summed E-state index contributed by atoms with van der Waals surface area (Å²) in [6, 6.07) is 9.68. The molecule has 3 aromatic rings. The summed E-state index contributed by atoms with van der Waals surface area (Å²) in [6.45, 7) is 0. The minimum absolute atomic E-state index is 0.00713. The molecular weight excluding hydrogens is 398 g/mol. The molecule has 7 nitrogen and oxygen atoms in total. The molecule has 9 heteroatoms. The lowest BCUT2D eigenvalue weighted by molar-refractivity contribution is 0.102. The van der Waals surface area contributed by atoms with Gasteiger partial charge in [-0.3, -0.25) is 10.1 Å². The number of sulfone groups is 1. The number of anilines is 1. The van der Waals surface area contributed by atoms with Crippen LogP contribution in [0.3, 0.4) is 0 Å². The molecule has 0 bridgehead atoms. The Bertz CT molecular complexity index is 1050. The second-order valence-corrected chi connectivity index (χ2v) is 9.85. The summed E-state index contributed by atoms with van der Waals surface area (Å²) in [7, 11) is -3.36. The highest BCUT2D eigenvalue weighted by Crippen LogP contribution is 2.29. The van der Waals surface area contributed by atoms with Gasteiger partial charge >= 0.3 is 6.01 Å². The first-order valence-corrected chi connectivity index (χ1v) is 11.5. The maximum atomic E-state index is 12.7. The average molecular weight is 418 g/mol. The fourth-order valence-electron chi connectivity index (χ4n) is 3.31. The molecule has 1 fully saturated rings. The zero-order valence-corrected chi connectivity index (χ0v) is 16.6. The molecule has 1 N–H and O–H groups in total. The van der Waals surface area contributed by atoms with Crippen molar-refractivity contribution in [3.05, 3.63) is 47.3 Å². The maximum absolute atomic E-state index is 12.7. The second-order valence-electron chi connectivity index (χ2n) is 6.67. The zero-order chi connectivity index (χ0) is 19.6. The van der Waals surface area contributed by atoms with Gasteiger partial charge in [0.2, 0.25) is 0 Å². The van der Waals surface area contributed by atoms with E-state index in [0.29, 0.717) is 24.3 Å². The third-order valence-electron chi connectivity index (χ3n) is 4.81. The SMILES string of the molecule is O=C(Nc1nnc(-c2cccs2)o1)c1ccc(S(=O)(=O)C2CCCCC2)cc1. The molecule has 0 spiro atoms. The van der Waals surface area contributed by atoms with Gasteiger partial charge < -0.3 is 4.42 Å². The molecule has 0 atom stereocenters. The Kier molecular flexibility index (Phi) is 5.27. The van der Waals surface area contributed by atoms with E-state index >= 15 is 0 Å². The van der Waals surface area contributed by atoms with Gasteiger partial charge in [0.25, 0.3) is 11.8 Å². The second kappa shape index (κ2) is 7.84. The van der Waals surface area contributed by atoms with Crippen molar-refractivity contribution in [2.24, 2.45) is 0 Å². The monoisotopic (exact) mass is 417 g/mol. The lowest BCUT2D eigenvalue weighted by atomic mass is 10.0. The number of nitrogens with one attached hydrogen (secondary N) is 1. The smallest absolute Gasteiger partial charge is 0.322 e. The minimum atomic E-state index is -3.36. The number of hydrogen-bond donors (Lipinski definition) is 1. The van der Waals surface area contributed by atoms with Gasteiger partial charge in [-0.1, -0.05) is 30.4 Å². The number of rotatable bonds is 5. The van der Waals surface area contributed by atoms with Gasteiger partial charge in [0, 0.05) is 5.56 Å². The van der Waals surface area contributed by atoms with Crippen LogP contribution >= 0.6 is 11.3 Å². The van der Waals surface area contributed by atoms with E-state index in [0.717, 1.165) is 24.1 Å². The number of carbonyl (C=O) groups is 1. The molecule has 1 aliphatic carbocycles. The van der Waals surface area contributed by atoms with Gasteiger partial charge in [-0.15, -0.1) is 16.4 Å².